The lowest BCUT2D eigenvalue weighted by Gasteiger charge is -2.34. The zero-order chi connectivity index (χ0) is 36.6. The number of pyridine rings is 3. The van der Waals surface area contributed by atoms with Gasteiger partial charge in [-0.15, -0.1) is 0 Å². The van der Waals surface area contributed by atoms with Gasteiger partial charge < -0.3 is 0 Å². The summed E-state index contributed by atoms with van der Waals surface area (Å²) in [7, 11) is 0. The molecule has 0 N–H and O–H groups in total. The molecule has 55 heavy (non-hydrogen) atoms. The molecule has 0 amide bonds. The largest absolute Gasteiger partial charge is 0.255 e. The van der Waals surface area contributed by atoms with E-state index in [2.05, 4.69) is 174 Å². The Kier molecular flexibility index (Phi) is 8.04. The predicted molar refractivity (Wildman–Crippen MR) is 224 cm³/mol. The van der Waals surface area contributed by atoms with Crippen molar-refractivity contribution < 1.29 is 0 Å². The van der Waals surface area contributed by atoms with Crippen molar-refractivity contribution in [1.82, 2.24) is 15.0 Å². The second-order valence-corrected chi connectivity index (χ2v) is 14.0. The van der Waals surface area contributed by atoms with E-state index in [-0.39, 0.29) is 0 Å². The van der Waals surface area contributed by atoms with E-state index < -0.39 is 5.41 Å². The molecule has 0 aliphatic heterocycles. The SMILES string of the molecule is c1ccc(C2(c3ccccc3)c3ccccc3-c3ccc(-c4cccc(-c5ccccc5-c5cc(-c6ccccn6)nc(-c6ccccn6)c5)c4)cc32)cc1. The Labute approximate surface area is 321 Å². The molecule has 1 aliphatic rings. The normalized spacial score (nSPS) is 12.5. The van der Waals surface area contributed by atoms with Crippen LogP contribution in [0.2, 0.25) is 0 Å². The van der Waals surface area contributed by atoms with Crippen LogP contribution in [0.25, 0.3) is 67.3 Å². The van der Waals surface area contributed by atoms with Gasteiger partial charge in [-0.05, 0) is 115 Å². The van der Waals surface area contributed by atoms with E-state index in [0.29, 0.717) is 0 Å². The van der Waals surface area contributed by atoms with E-state index in [1.165, 1.54) is 44.5 Å². The molecule has 0 unspecified atom stereocenters. The first kappa shape index (κ1) is 32.4. The van der Waals surface area contributed by atoms with Crippen LogP contribution in [-0.2, 0) is 5.41 Å². The monoisotopic (exact) mass is 701 g/mol. The summed E-state index contributed by atoms with van der Waals surface area (Å²) in [5, 5.41) is 0. The summed E-state index contributed by atoms with van der Waals surface area (Å²) in [6, 6.07) is 71.6. The second kappa shape index (κ2) is 13.6. The van der Waals surface area contributed by atoms with Gasteiger partial charge in [-0.2, -0.15) is 0 Å². The average Bonchev–Trinajstić information content (AvgIpc) is 3.58. The maximum absolute atomic E-state index is 5.03. The fourth-order valence-corrected chi connectivity index (χ4v) is 8.45. The molecular weight excluding hydrogens is 667 g/mol. The molecule has 6 aromatic carbocycles. The Balaban J connectivity index is 1.12. The number of rotatable bonds is 7. The Hall–Kier alpha value is -7.23. The van der Waals surface area contributed by atoms with E-state index in [0.717, 1.165) is 45.0 Å². The van der Waals surface area contributed by atoms with Crippen molar-refractivity contribution in [3.05, 3.63) is 235 Å². The number of hydrogen-bond donors (Lipinski definition) is 0. The highest BCUT2D eigenvalue weighted by Crippen LogP contribution is 2.56. The van der Waals surface area contributed by atoms with Crippen LogP contribution in [0.4, 0.5) is 0 Å². The van der Waals surface area contributed by atoms with Gasteiger partial charge in [0.05, 0.1) is 28.2 Å². The van der Waals surface area contributed by atoms with Gasteiger partial charge >= 0.3 is 0 Å². The van der Waals surface area contributed by atoms with Crippen molar-refractivity contribution in [2.45, 2.75) is 5.41 Å². The van der Waals surface area contributed by atoms with Crippen molar-refractivity contribution in [2.24, 2.45) is 0 Å². The number of nitrogens with zero attached hydrogens (tertiary/aromatic N) is 3. The topological polar surface area (TPSA) is 38.7 Å². The molecule has 3 aromatic heterocycles. The lowest BCUT2D eigenvalue weighted by Crippen LogP contribution is -2.28. The predicted octanol–water partition coefficient (Wildman–Crippen LogP) is 12.6. The highest BCUT2D eigenvalue weighted by molar-refractivity contribution is 5.90. The maximum atomic E-state index is 5.03. The zero-order valence-corrected chi connectivity index (χ0v) is 30.0. The van der Waals surface area contributed by atoms with E-state index in [4.69, 9.17) is 4.98 Å². The Morgan fingerprint density at radius 3 is 1.42 bits per heavy atom. The van der Waals surface area contributed by atoms with Crippen LogP contribution >= 0.6 is 0 Å². The van der Waals surface area contributed by atoms with E-state index >= 15 is 0 Å². The summed E-state index contributed by atoms with van der Waals surface area (Å²) < 4.78 is 0. The molecule has 0 bridgehead atoms. The number of fused-ring (bicyclic) bond motifs is 3. The van der Waals surface area contributed by atoms with Gasteiger partial charge in [0.1, 0.15) is 0 Å². The van der Waals surface area contributed by atoms with E-state index in [1.54, 1.807) is 0 Å². The van der Waals surface area contributed by atoms with Gasteiger partial charge in [0.2, 0.25) is 0 Å². The summed E-state index contributed by atoms with van der Waals surface area (Å²) in [5.74, 6) is 0. The summed E-state index contributed by atoms with van der Waals surface area (Å²) in [6.07, 6.45) is 3.62. The third-order valence-electron chi connectivity index (χ3n) is 10.9. The van der Waals surface area contributed by atoms with Gasteiger partial charge in [-0.25, -0.2) is 4.98 Å². The minimum atomic E-state index is -0.452. The van der Waals surface area contributed by atoms with E-state index in [1.807, 2.05) is 48.8 Å². The van der Waals surface area contributed by atoms with Gasteiger partial charge in [0.25, 0.3) is 0 Å². The van der Waals surface area contributed by atoms with Crippen molar-refractivity contribution in [1.29, 1.82) is 0 Å². The fraction of sp³-hybridized carbons (Fsp3) is 0.0192. The molecule has 3 heterocycles. The fourth-order valence-electron chi connectivity index (χ4n) is 8.45. The molecule has 3 nitrogen and oxygen atoms in total. The molecule has 0 atom stereocenters. The minimum Gasteiger partial charge on any atom is -0.255 e. The lowest BCUT2D eigenvalue weighted by atomic mass is 9.67. The maximum Gasteiger partial charge on any atom is 0.0900 e. The molecule has 10 rings (SSSR count). The molecule has 9 aromatic rings. The van der Waals surface area contributed by atoms with Crippen LogP contribution in [-0.4, -0.2) is 15.0 Å². The standard InChI is InChI=1S/C52H35N3/c1-3-18-40(19-4-1)52(41-20-5-2-6-21-41)46-25-10-9-24-44(46)45-29-28-37(33-47(45)52)36-16-15-17-38(32-36)42-22-7-8-23-43(42)39-34-50(48-26-11-13-30-53-48)55-51(35-39)49-27-12-14-31-54-49/h1-35H. The Bertz CT molecular complexity index is 2700. The first-order chi connectivity index (χ1) is 27.3. The Morgan fingerprint density at radius 2 is 0.800 bits per heavy atom. The molecule has 1 aliphatic carbocycles. The molecule has 0 saturated heterocycles. The lowest BCUT2D eigenvalue weighted by molar-refractivity contribution is 0.769. The zero-order valence-electron chi connectivity index (χ0n) is 30.0. The first-order valence-electron chi connectivity index (χ1n) is 18.7. The van der Waals surface area contributed by atoms with Crippen LogP contribution < -0.4 is 0 Å². The number of hydrogen-bond acceptors (Lipinski definition) is 3. The molecule has 0 spiro atoms. The summed E-state index contributed by atoms with van der Waals surface area (Å²) >= 11 is 0. The van der Waals surface area contributed by atoms with Crippen LogP contribution in [0.3, 0.4) is 0 Å². The second-order valence-electron chi connectivity index (χ2n) is 14.0. The molecule has 3 heteroatoms. The van der Waals surface area contributed by atoms with Crippen molar-refractivity contribution in [2.75, 3.05) is 0 Å². The van der Waals surface area contributed by atoms with Gasteiger partial charge in [0, 0.05) is 12.4 Å². The third kappa shape index (κ3) is 5.57. The highest BCUT2D eigenvalue weighted by Gasteiger charge is 2.46. The van der Waals surface area contributed by atoms with Crippen molar-refractivity contribution >= 4 is 0 Å². The summed E-state index contributed by atoms with van der Waals surface area (Å²) in [4.78, 5) is 14.3. The summed E-state index contributed by atoms with van der Waals surface area (Å²) in [6.45, 7) is 0. The molecule has 0 radical (unpaired) electrons. The molecule has 0 saturated carbocycles. The van der Waals surface area contributed by atoms with Gasteiger partial charge in [-0.1, -0.05) is 152 Å². The van der Waals surface area contributed by atoms with Crippen LogP contribution in [0, 0.1) is 0 Å². The number of benzene rings is 6. The highest BCUT2D eigenvalue weighted by atomic mass is 14.8. The third-order valence-corrected chi connectivity index (χ3v) is 10.9. The van der Waals surface area contributed by atoms with E-state index in [9.17, 15) is 0 Å². The van der Waals surface area contributed by atoms with Crippen LogP contribution in [0.1, 0.15) is 22.3 Å². The molecule has 0 fully saturated rings. The molecular formula is C52H35N3. The summed E-state index contributed by atoms with van der Waals surface area (Å²) in [5.41, 5.74) is 17.3. The average molecular weight is 702 g/mol. The molecule has 258 valence electrons. The quantitative estimate of drug-likeness (QED) is 0.166. The van der Waals surface area contributed by atoms with Crippen molar-refractivity contribution in [3.8, 4) is 67.3 Å². The first-order valence-corrected chi connectivity index (χ1v) is 18.7. The number of aromatic nitrogens is 3. The van der Waals surface area contributed by atoms with Crippen LogP contribution in [0.5, 0.6) is 0 Å². The smallest absolute Gasteiger partial charge is 0.0900 e. The van der Waals surface area contributed by atoms with Crippen molar-refractivity contribution in [3.63, 3.8) is 0 Å². The van der Waals surface area contributed by atoms with Gasteiger partial charge in [-0.3, -0.25) is 9.97 Å². The van der Waals surface area contributed by atoms with Gasteiger partial charge in [0.15, 0.2) is 0 Å². The van der Waals surface area contributed by atoms with Crippen LogP contribution in [0.15, 0.2) is 213 Å². The minimum absolute atomic E-state index is 0.452. The Morgan fingerprint density at radius 1 is 0.291 bits per heavy atom.